The fraction of sp³-hybridized carbons (Fsp3) is 0.583. The van der Waals surface area contributed by atoms with E-state index >= 15 is 0 Å². The maximum atomic E-state index is 13.8. The molecule has 0 unspecified atom stereocenters. The van der Waals surface area contributed by atoms with E-state index in [1.807, 2.05) is 31.2 Å². The molecular formula is C24H34F2N2O2. The van der Waals surface area contributed by atoms with Crippen molar-refractivity contribution in [1.29, 1.82) is 0 Å². The van der Waals surface area contributed by atoms with Crippen LogP contribution in [0.15, 0.2) is 36.7 Å². The first kappa shape index (κ1) is 24.0. The second kappa shape index (κ2) is 13.9. The van der Waals surface area contributed by atoms with Crippen molar-refractivity contribution in [3.05, 3.63) is 36.7 Å². The van der Waals surface area contributed by atoms with Crippen LogP contribution in [0.25, 0.3) is 11.4 Å². The first-order valence-corrected chi connectivity index (χ1v) is 11.1. The zero-order valence-electron chi connectivity index (χ0n) is 18.2. The molecule has 1 aromatic carbocycles. The second-order valence-electron chi connectivity index (χ2n) is 7.52. The standard InChI is InChI=1S/C24H34F2N2O2/c1-3-5-6-8-21(26)14-16-30-23-17-27-24(28-18-23)19-9-11-22(12-10-19)29-15-13-20(25)7-4-2/h9-12,17-18,20-21H,3-8,13-16H2,1-2H3/t20-,21-/m1/s1. The quantitative estimate of drug-likeness (QED) is 0.299. The zero-order chi connectivity index (χ0) is 21.6. The van der Waals surface area contributed by atoms with Gasteiger partial charge in [-0.3, -0.25) is 0 Å². The van der Waals surface area contributed by atoms with E-state index in [2.05, 4.69) is 16.9 Å². The van der Waals surface area contributed by atoms with Gasteiger partial charge in [-0.05, 0) is 37.1 Å². The Balaban J connectivity index is 1.75. The molecule has 0 fully saturated rings. The van der Waals surface area contributed by atoms with Gasteiger partial charge >= 0.3 is 0 Å². The summed E-state index contributed by atoms with van der Waals surface area (Å²) in [6.07, 6.45) is 7.48. The van der Waals surface area contributed by atoms with E-state index in [-0.39, 0.29) is 0 Å². The Kier molecular flexibility index (Phi) is 11.1. The second-order valence-corrected chi connectivity index (χ2v) is 7.52. The van der Waals surface area contributed by atoms with Crippen molar-refractivity contribution in [2.45, 2.75) is 77.6 Å². The van der Waals surface area contributed by atoms with Gasteiger partial charge in [0.2, 0.25) is 0 Å². The highest BCUT2D eigenvalue weighted by Crippen LogP contribution is 2.21. The molecular weight excluding hydrogens is 386 g/mol. The summed E-state index contributed by atoms with van der Waals surface area (Å²) in [6, 6.07) is 7.40. The fourth-order valence-electron chi connectivity index (χ4n) is 3.07. The third-order valence-electron chi connectivity index (χ3n) is 4.86. The summed E-state index contributed by atoms with van der Waals surface area (Å²) in [5.41, 5.74) is 0.850. The van der Waals surface area contributed by atoms with E-state index in [4.69, 9.17) is 9.47 Å². The summed E-state index contributed by atoms with van der Waals surface area (Å²) in [6.45, 7) is 4.77. The summed E-state index contributed by atoms with van der Waals surface area (Å²) >= 11 is 0. The number of nitrogens with zero attached hydrogens (tertiary/aromatic N) is 2. The number of benzene rings is 1. The maximum Gasteiger partial charge on any atom is 0.159 e. The maximum absolute atomic E-state index is 13.8. The van der Waals surface area contributed by atoms with Crippen LogP contribution in [0.2, 0.25) is 0 Å². The highest BCUT2D eigenvalue weighted by molar-refractivity contribution is 5.56. The number of hydrogen-bond donors (Lipinski definition) is 0. The predicted molar refractivity (Wildman–Crippen MR) is 117 cm³/mol. The molecule has 0 saturated heterocycles. The van der Waals surface area contributed by atoms with Gasteiger partial charge in [0.15, 0.2) is 11.6 Å². The number of unbranched alkanes of at least 4 members (excludes halogenated alkanes) is 2. The largest absolute Gasteiger partial charge is 0.493 e. The Morgan fingerprint density at radius 2 is 1.33 bits per heavy atom. The van der Waals surface area contributed by atoms with Gasteiger partial charge in [0.05, 0.1) is 25.6 Å². The van der Waals surface area contributed by atoms with Crippen LogP contribution in [0.5, 0.6) is 11.5 Å². The van der Waals surface area contributed by atoms with Crippen LogP contribution in [0.1, 0.15) is 65.2 Å². The van der Waals surface area contributed by atoms with E-state index in [1.54, 1.807) is 12.4 Å². The number of ether oxygens (including phenoxy) is 2. The van der Waals surface area contributed by atoms with Crippen molar-refractivity contribution in [2.24, 2.45) is 0 Å². The van der Waals surface area contributed by atoms with Crippen LogP contribution < -0.4 is 9.47 Å². The normalized spacial score (nSPS) is 13.1. The molecule has 0 aliphatic carbocycles. The summed E-state index contributed by atoms with van der Waals surface area (Å²) in [4.78, 5) is 8.65. The number of hydrogen-bond acceptors (Lipinski definition) is 4. The molecule has 4 nitrogen and oxygen atoms in total. The van der Waals surface area contributed by atoms with Gasteiger partial charge in [-0.1, -0.05) is 39.5 Å². The molecule has 166 valence electrons. The molecule has 2 atom stereocenters. The molecule has 0 aliphatic heterocycles. The smallest absolute Gasteiger partial charge is 0.159 e. The molecule has 2 aromatic rings. The predicted octanol–water partition coefficient (Wildman–Crippen LogP) is 6.74. The third-order valence-corrected chi connectivity index (χ3v) is 4.86. The highest BCUT2D eigenvalue weighted by Gasteiger charge is 2.08. The van der Waals surface area contributed by atoms with E-state index in [9.17, 15) is 8.78 Å². The molecule has 6 heteroatoms. The van der Waals surface area contributed by atoms with E-state index in [1.165, 1.54) is 0 Å². The minimum atomic E-state index is -0.820. The number of rotatable bonds is 15. The molecule has 0 bridgehead atoms. The van der Waals surface area contributed by atoms with Gasteiger partial charge in [-0.2, -0.15) is 0 Å². The fourth-order valence-corrected chi connectivity index (χ4v) is 3.07. The molecule has 0 N–H and O–H groups in total. The van der Waals surface area contributed by atoms with E-state index < -0.39 is 12.3 Å². The van der Waals surface area contributed by atoms with Crippen molar-refractivity contribution in [3.63, 3.8) is 0 Å². The summed E-state index contributed by atoms with van der Waals surface area (Å²) in [7, 11) is 0. The van der Waals surface area contributed by atoms with Crippen LogP contribution in [0.4, 0.5) is 8.78 Å². The molecule has 1 aromatic heterocycles. The Labute approximate surface area is 179 Å². The Hall–Kier alpha value is -2.24. The number of aromatic nitrogens is 2. The monoisotopic (exact) mass is 420 g/mol. The lowest BCUT2D eigenvalue weighted by atomic mass is 10.1. The lowest BCUT2D eigenvalue weighted by molar-refractivity contribution is 0.222. The number of alkyl halides is 2. The minimum absolute atomic E-state index is 0.319. The molecule has 0 saturated carbocycles. The van der Waals surface area contributed by atoms with Crippen LogP contribution in [-0.4, -0.2) is 35.5 Å². The number of halogens is 2. The van der Waals surface area contributed by atoms with Crippen LogP contribution >= 0.6 is 0 Å². The molecule has 0 radical (unpaired) electrons. The lowest BCUT2D eigenvalue weighted by Crippen LogP contribution is -2.08. The molecule has 0 aliphatic rings. The Morgan fingerprint density at radius 1 is 0.733 bits per heavy atom. The SMILES string of the molecule is CCCCC[C@@H](F)CCOc1cnc(-c2ccc(OCC[C@H](F)CCC)cc2)nc1. The highest BCUT2D eigenvalue weighted by atomic mass is 19.1. The topological polar surface area (TPSA) is 44.2 Å². The summed E-state index contributed by atoms with van der Waals surface area (Å²) in [5.74, 6) is 1.80. The average molecular weight is 421 g/mol. The van der Waals surface area contributed by atoms with Crippen LogP contribution in [-0.2, 0) is 0 Å². The van der Waals surface area contributed by atoms with Gasteiger partial charge in [0, 0.05) is 18.4 Å². The zero-order valence-corrected chi connectivity index (χ0v) is 18.2. The van der Waals surface area contributed by atoms with E-state index in [0.29, 0.717) is 56.2 Å². The van der Waals surface area contributed by atoms with Crippen molar-refractivity contribution < 1.29 is 18.3 Å². The molecule has 0 spiro atoms. The van der Waals surface area contributed by atoms with Crippen molar-refractivity contribution in [3.8, 4) is 22.9 Å². The molecule has 0 amide bonds. The third kappa shape index (κ3) is 9.06. The molecule has 30 heavy (non-hydrogen) atoms. The van der Waals surface area contributed by atoms with Gasteiger partial charge < -0.3 is 9.47 Å². The Morgan fingerprint density at radius 3 is 1.93 bits per heavy atom. The minimum Gasteiger partial charge on any atom is -0.493 e. The van der Waals surface area contributed by atoms with Gasteiger partial charge in [-0.25, -0.2) is 18.7 Å². The molecule has 1 heterocycles. The van der Waals surface area contributed by atoms with Crippen molar-refractivity contribution in [2.75, 3.05) is 13.2 Å². The summed E-state index contributed by atoms with van der Waals surface area (Å²) < 4.78 is 38.4. The van der Waals surface area contributed by atoms with Gasteiger partial charge in [0.1, 0.15) is 18.1 Å². The van der Waals surface area contributed by atoms with Crippen LogP contribution in [0.3, 0.4) is 0 Å². The van der Waals surface area contributed by atoms with Crippen LogP contribution in [0, 0.1) is 0 Å². The van der Waals surface area contributed by atoms with E-state index in [0.717, 1.165) is 31.2 Å². The van der Waals surface area contributed by atoms with Gasteiger partial charge in [-0.15, -0.1) is 0 Å². The first-order valence-electron chi connectivity index (χ1n) is 11.1. The molecule has 2 rings (SSSR count). The summed E-state index contributed by atoms with van der Waals surface area (Å²) in [5, 5.41) is 0. The van der Waals surface area contributed by atoms with Crippen molar-refractivity contribution in [1.82, 2.24) is 9.97 Å². The Bertz CT molecular complexity index is 695. The lowest BCUT2D eigenvalue weighted by Gasteiger charge is -2.10. The van der Waals surface area contributed by atoms with Gasteiger partial charge in [0.25, 0.3) is 0 Å². The van der Waals surface area contributed by atoms with Crippen molar-refractivity contribution >= 4 is 0 Å². The first-order chi connectivity index (χ1) is 14.6. The average Bonchev–Trinajstić information content (AvgIpc) is 2.75.